The second-order valence-electron chi connectivity index (χ2n) is 5.06. The number of carbonyl (C=O) groups excluding carboxylic acids is 1. The van der Waals surface area contributed by atoms with Gasteiger partial charge in [-0.3, -0.25) is 9.78 Å². The summed E-state index contributed by atoms with van der Waals surface area (Å²) in [6.45, 7) is 1.65. The Bertz CT molecular complexity index is 586. The Morgan fingerprint density at radius 3 is 2.57 bits per heavy atom. The van der Waals surface area contributed by atoms with Gasteiger partial charge in [-0.05, 0) is 43.3 Å². The molecule has 0 radical (unpaired) electrons. The van der Waals surface area contributed by atoms with Crippen LogP contribution in [-0.4, -0.2) is 35.8 Å². The first-order valence-corrected chi connectivity index (χ1v) is 7.40. The van der Waals surface area contributed by atoms with E-state index in [2.05, 4.69) is 9.88 Å². The second kappa shape index (κ2) is 7.91. The van der Waals surface area contributed by atoms with E-state index in [1.807, 2.05) is 31.3 Å². The van der Waals surface area contributed by atoms with Crippen LogP contribution in [0, 0.1) is 0 Å². The summed E-state index contributed by atoms with van der Waals surface area (Å²) in [7, 11) is 2.03. The maximum Gasteiger partial charge on any atom is 0.165 e. The third-order valence-electron chi connectivity index (χ3n) is 3.43. The normalized spacial score (nSPS) is 10.8. The van der Waals surface area contributed by atoms with E-state index in [9.17, 15) is 4.79 Å². The first kappa shape index (κ1) is 15.7. The van der Waals surface area contributed by atoms with Crippen molar-refractivity contribution in [2.45, 2.75) is 12.8 Å². The minimum absolute atomic E-state index is 0.0939. The van der Waals surface area contributed by atoms with Gasteiger partial charge < -0.3 is 4.90 Å². The summed E-state index contributed by atoms with van der Waals surface area (Å²) >= 11 is 6.04. The van der Waals surface area contributed by atoms with E-state index in [-0.39, 0.29) is 5.78 Å². The number of halogens is 1. The van der Waals surface area contributed by atoms with E-state index in [1.165, 1.54) is 5.56 Å². The zero-order valence-electron chi connectivity index (χ0n) is 12.1. The summed E-state index contributed by atoms with van der Waals surface area (Å²) in [6.07, 6.45) is 5.04. The average Bonchev–Trinajstić information content (AvgIpc) is 2.52. The van der Waals surface area contributed by atoms with Gasteiger partial charge in [-0.1, -0.05) is 23.7 Å². The van der Waals surface area contributed by atoms with Gasteiger partial charge >= 0.3 is 0 Å². The van der Waals surface area contributed by atoms with Crippen LogP contribution in [0.2, 0.25) is 5.02 Å². The van der Waals surface area contributed by atoms with Crippen molar-refractivity contribution in [1.29, 1.82) is 0 Å². The molecule has 0 aliphatic carbocycles. The molecule has 0 unspecified atom stereocenters. The molecule has 0 saturated heterocycles. The van der Waals surface area contributed by atoms with Gasteiger partial charge in [-0.25, -0.2) is 0 Å². The van der Waals surface area contributed by atoms with Gasteiger partial charge in [0.15, 0.2) is 5.78 Å². The van der Waals surface area contributed by atoms with Crippen LogP contribution in [0.4, 0.5) is 0 Å². The molecule has 0 amide bonds. The largest absolute Gasteiger partial charge is 0.306 e. The summed E-state index contributed by atoms with van der Waals surface area (Å²) in [5.74, 6) is 0.0939. The third-order valence-corrected chi connectivity index (χ3v) is 3.76. The monoisotopic (exact) mass is 302 g/mol. The Morgan fingerprint density at radius 1 is 1.14 bits per heavy atom. The molecule has 1 aromatic heterocycles. The molecule has 0 aliphatic rings. The number of benzene rings is 1. The van der Waals surface area contributed by atoms with E-state index in [4.69, 9.17) is 11.6 Å². The van der Waals surface area contributed by atoms with Crippen molar-refractivity contribution in [3.63, 3.8) is 0 Å². The van der Waals surface area contributed by atoms with Gasteiger partial charge in [0, 0.05) is 37.5 Å². The van der Waals surface area contributed by atoms with Crippen molar-refractivity contribution < 1.29 is 4.79 Å². The quantitative estimate of drug-likeness (QED) is 0.734. The molecule has 0 fully saturated rings. The molecule has 0 atom stereocenters. The summed E-state index contributed by atoms with van der Waals surface area (Å²) in [5.41, 5.74) is 1.87. The minimum Gasteiger partial charge on any atom is -0.306 e. The summed E-state index contributed by atoms with van der Waals surface area (Å²) in [6, 6.07) is 11.2. The first-order valence-electron chi connectivity index (χ1n) is 7.02. The molecule has 0 bridgehead atoms. The highest BCUT2D eigenvalue weighted by molar-refractivity contribution is 6.33. The average molecular weight is 303 g/mol. The van der Waals surface area contributed by atoms with E-state index in [0.717, 1.165) is 19.5 Å². The number of hydrogen-bond donors (Lipinski definition) is 0. The van der Waals surface area contributed by atoms with Crippen molar-refractivity contribution >= 4 is 17.4 Å². The predicted octanol–water partition coefficient (Wildman–Crippen LogP) is 3.48. The maximum atomic E-state index is 12.1. The SMILES string of the molecule is CN(CCC(=O)c1ccccc1Cl)CCc1ccncc1. The lowest BCUT2D eigenvalue weighted by Gasteiger charge is -2.16. The highest BCUT2D eigenvalue weighted by atomic mass is 35.5. The predicted molar refractivity (Wildman–Crippen MR) is 85.8 cm³/mol. The van der Waals surface area contributed by atoms with E-state index < -0.39 is 0 Å². The number of likely N-dealkylation sites (N-methyl/N-ethyl adjacent to an activating group) is 1. The smallest absolute Gasteiger partial charge is 0.165 e. The highest BCUT2D eigenvalue weighted by Gasteiger charge is 2.10. The molecular weight excluding hydrogens is 284 g/mol. The zero-order valence-corrected chi connectivity index (χ0v) is 12.9. The van der Waals surface area contributed by atoms with E-state index in [0.29, 0.717) is 17.0 Å². The molecule has 0 aliphatic heterocycles. The van der Waals surface area contributed by atoms with Crippen molar-refractivity contribution in [2.75, 3.05) is 20.1 Å². The fourth-order valence-electron chi connectivity index (χ4n) is 2.10. The van der Waals surface area contributed by atoms with Crippen LogP contribution >= 0.6 is 11.6 Å². The van der Waals surface area contributed by atoms with Crippen LogP contribution in [0.15, 0.2) is 48.8 Å². The lowest BCUT2D eigenvalue weighted by atomic mass is 10.1. The summed E-state index contributed by atoms with van der Waals surface area (Å²) in [4.78, 5) is 18.3. The van der Waals surface area contributed by atoms with Gasteiger partial charge in [0.25, 0.3) is 0 Å². The van der Waals surface area contributed by atoms with Gasteiger partial charge in [-0.15, -0.1) is 0 Å². The van der Waals surface area contributed by atoms with Gasteiger partial charge in [0.05, 0.1) is 5.02 Å². The van der Waals surface area contributed by atoms with Crippen LogP contribution in [0.5, 0.6) is 0 Å². The Balaban J connectivity index is 1.77. The van der Waals surface area contributed by atoms with Crippen LogP contribution < -0.4 is 0 Å². The number of hydrogen-bond acceptors (Lipinski definition) is 3. The van der Waals surface area contributed by atoms with Gasteiger partial charge in [0.1, 0.15) is 0 Å². The van der Waals surface area contributed by atoms with E-state index in [1.54, 1.807) is 24.5 Å². The molecule has 2 aromatic rings. The maximum absolute atomic E-state index is 12.1. The number of ketones is 1. The lowest BCUT2D eigenvalue weighted by Crippen LogP contribution is -2.24. The third kappa shape index (κ3) is 4.96. The number of nitrogens with zero attached hydrogens (tertiary/aromatic N) is 2. The number of aromatic nitrogens is 1. The van der Waals surface area contributed by atoms with Crippen LogP contribution in [0.1, 0.15) is 22.3 Å². The summed E-state index contributed by atoms with van der Waals surface area (Å²) in [5, 5.41) is 0.530. The highest BCUT2D eigenvalue weighted by Crippen LogP contribution is 2.16. The van der Waals surface area contributed by atoms with Crippen LogP contribution in [0.25, 0.3) is 0 Å². The van der Waals surface area contributed by atoms with E-state index >= 15 is 0 Å². The molecule has 0 spiro atoms. The first-order chi connectivity index (χ1) is 10.2. The Hall–Kier alpha value is -1.71. The number of pyridine rings is 1. The topological polar surface area (TPSA) is 33.2 Å². The standard InChI is InChI=1S/C17H19ClN2O/c1-20(12-8-14-6-10-19-11-7-14)13-9-17(21)15-4-2-3-5-16(15)18/h2-7,10-11H,8-9,12-13H2,1H3. The molecule has 110 valence electrons. The number of rotatable bonds is 7. The number of Topliss-reactive ketones (excluding diaryl/α,β-unsaturated/α-hetero) is 1. The molecular formula is C17H19ClN2O. The van der Waals surface area contributed by atoms with Crippen molar-refractivity contribution in [3.8, 4) is 0 Å². The summed E-state index contributed by atoms with van der Waals surface area (Å²) < 4.78 is 0. The molecule has 2 rings (SSSR count). The minimum atomic E-state index is 0.0939. The van der Waals surface area contributed by atoms with Crippen molar-refractivity contribution in [1.82, 2.24) is 9.88 Å². The molecule has 0 saturated carbocycles. The van der Waals surface area contributed by atoms with Crippen LogP contribution in [0.3, 0.4) is 0 Å². The zero-order chi connectivity index (χ0) is 15.1. The van der Waals surface area contributed by atoms with Crippen molar-refractivity contribution in [2.24, 2.45) is 0 Å². The molecule has 4 heteroatoms. The van der Waals surface area contributed by atoms with Gasteiger partial charge in [0.2, 0.25) is 0 Å². The Morgan fingerprint density at radius 2 is 1.86 bits per heavy atom. The number of carbonyl (C=O) groups is 1. The molecule has 21 heavy (non-hydrogen) atoms. The second-order valence-corrected chi connectivity index (χ2v) is 5.47. The molecule has 3 nitrogen and oxygen atoms in total. The molecule has 0 N–H and O–H groups in total. The van der Waals surface area contributed by atoms with Gasteiger partial charge in [-0.2, -0.15) is 0 Å². The Kier molecular flexibility index (Phi) is 5.90. The fourth-order valence-corrected chi connectivity index (χ4v) is 2.34. The molecule has 1 heterocycles. The lowest BCUT2D eigenvalue weighted by molar-refractivity contribution is 0.0969. The van der Waals surface area contributed by atoms with Crippen molar-refractivity contribution in [3.05, 3.63) is 64.9 Å². The molecule has 1 aromatic carbocycles. The Labute approximate surface area is 130 Å². The fraction of sp³-hybridized carbons (Fsp3) is 0.294. The van der Waals surface area contributed by atoms with Crippen LogP contribution in [-0.2, 0) is 6.42 Å².